The van der Waals surface area contributed by atoms with E-state index in [4.69, 9.17) is 0 Å². The summed E-state index contributed by atoms with van der Waals surface area (Å²) in [6.07, 6.45) is 2.00. The number of ketones is 1. The summed E-state index contributed by atoms with van der Waals surface area (Å²) in [6.45, 7) is 0.933. The topological polar surface area (TPSA) is 70.7 Å². The molecule has 1 aliphatic rings. The van der Waals surface area contributed by atoms with Gasteiger partial charge in [-0.05, 0) is 37.6 Å². The number of aromatic amines is 1. The van der Waals surface area contributed by atoms with Crippen LogP contribution in [0.4, 0.5) is 0 Å². The first-order valence-corrected chi connectivity index (χ1v) is 5.43. The molecule has 2 heterocycles. The molecule has 16 heavy (non-hydrogen) atoms. The summed E-state index contributed by atoms with van der Waals surface area (Å²) in [4.78, 5) is 12.1. The van der Waals surface area contributed by atoms with Crippen LogP contribution < -0.4 is 5.32 Å². The molecule has 82 valence electrons. The highest BCUT2D eigenvalue weighted by atomic mass is 16.1. The molecule has 0 aliphatic carbocycles. The lowest BCUT2D eigenvalue weighted by Gasteiger charge is -2.08. The monoisotopic (exact) mass is 216 g/mol. The summed E-state index contributed by atoms with van der Waals surface area (Å²) in [7, 11) is 0. The van der Waals surface area contributed by atoms with Gasteiger partial charge in [-0.15, -0.1) is 5.10 Å². The molecule has 1 aromatic heterocycles. The minimum atomic E-state index is -0.0237. The summed E-state index contributed by atoms with van der Waals surface area (Å²) in [6, 6.07) is 5.44. The maximum atomic E-state index is 12.1. The van der Waals surface area contributed by atoms with Crippen molar-refractivity contribution in [3.8, 4) is 0 Å². The quantitative estimate of drug-likeness (QED) is 0.731. The summed E-state index contributed by atoms with van der Waals surface area (Å²) in [5, 5.41) is 13.6. The van der Waals surface area contributed by atoms with E-state index in [1.165, 1.54) is 0 Å². The second-order valence-electron chi connectivity index (χ2n) is 4.06. The smallest absolute Gasteiger partial charge is 0.179 e. The highest BCUT2D eigenvalue weighted by Crippen LogP contribution is 2.15. The molecule has 0 radical (unpaired) electrons. The standard InChI is InChI=1S/C11H12N4O/c16-11(9-2-1-5-12-9)7-3-4-8-10(6-7)14-15-13-8/h3-4,6,9,12H,1-2,5H2,(H,13,14,15). The van der Waals surface area contributed by atoms with Crippen LogP contribution in [0.1, 0.15) is 23.2 Å². The molecular formula is C11H12N4O. The van der Waals surface area contributed by atoms with Crippen LogP contribution in [0.25, 0.3) is 11.0 Å². The molecule has 2 N–H and O–H groups in total. The summed E-state index contributed by atoms with van der Waals surface area (Å²) >= 11 is 0. The Morgan fingerprint density at radius 3 is 3.19 bits per heavy atom. The predicted molar refractivity (Wildman–Crippen MR) is 59.2 cm³/mol. The Morgan fingerprint density at radius 2 is 2.38 bits per heavy atom. The van der Waals surface area contributed by atoms with Gasteiger partial charge in [0.1, 0.15) is 5.52 Å². The fourth-order valence-electron chi connectivity index (χ4n) is 2.10. The highest BCUT2D eigenvalue weighted by molar-refractivity contribution is 6.02. The molecule has 1 aliphatic heterocycles. The number of carbonyl (C=O) groups excluding carboxylic acids is 1. The van der Waals surface area contributed by atoms with Crippen molar-refractivity contribution >= 4 is 16.8 Å². The average molecular weight is 216 g/mol. The van der Waals surface area contributed by atoms with Crippen LogP contribution in [-0.4, -0.2) is 33.8 Å². The van der Waals surface area contributed by atoms with Crippen molar-refractivity contribution < 1.29 is 4.79 Å². The Balaban J connectivity index is 1.95. The molecule has 2 aromatic rings. The number of hydrogen-bond donors (Lipinski definition) is 2. The van der Waals surface area contributed by atoms with Gasteiger partial charge in [-0.3, -0.25) is 9.89 Å². The first-order valence-electron chi connectivity index (χ1n) is 5.43. The van der Waals surface area contributed by atoms with Crippen molar-refractivity contribution in [1.82, 2.24) is 20.7 Å². The lowest BCUT2D eigenvalue weighted by molar-refractivity contribution is 0.0952. The minimum Gasteiger partial charge on any atom is -0.307 e. The number of benzene rings is 1. The Labute approximate surface area is 92.2 Å². The molecule has 1 aromatic carbocycles. The van der Waals surface area contributed by atoms with Crippen LogP contribution in [0.5, 0.6) is 0 Å². The Morgan fingerprint density at radius 1 is 1.44 bits per heavy atom. The largest absolute Gasteiger partial charge is 0.307 e. The van der Waals surface area contributed by atoms with Crippen LogP contribution in [0.3, 0.4) is 0 Å². The second kappa shape index (κ2) is 3.68. The first kappa shape index (κ1) is 9.47. The number of fused-ring (bicyclic) bond motifs is 1. The van der Waals surface area contributed by atoms with Crippen molar-refractivity contribution in [3.63, 3.8) is 0 Å². The van der Waals surface area contributed by atoms with Gasteiger partial charge in [-0.25, -0.2) is 0 Å². The first-order chi connectivity index (χ1) is 7.84. The zero-order valence-electron chi connectivity index (χ0n) is 8.73. The van der Waals surface area contributed by atoms with Gasteiger partial charge in [0, 0.05) is 5.56 Å². The van der Waals surface area contributed by atoms with E-state index >= 15 is 0 Å². The maximum absolute atomic E-state index is 12.1. The molecule has 0 amide bonds. The van der Waals surface area contributed by atoms with E-state index < -0.39 is 0 Å². The zero-order chi connectivity index (χ0) is 11.0. The van der Waals surface area contributed by atoms with Crippen LogP contribution in [0.2, 0.25) is 0 Å². The fourth-order valence-corrected chi connectivity index (χ4v) is 2.10. The van der Waals surface area contributed by atoms with Gasteiger partial charge in [0.05, 0.1) is 11.6 Å². The highest BCUT2D eigenvalue weighted by Gasteiger charge is 2.23. The summed E-state index contributed by atoms with van der Waals surface area (Å²) < 4.78 is 0. The third-order valence-electron chi connectivity index (χ3n) is 2.99. The number of H-pyrrole nitrogens is 1. The molecule has 0 saturated carbocycles. The molecule has 1 saturated heterocycles. The van der Waals surface area contributed by atoms with Gasteiger partial charge in [0.2, 0.25) is 0 Å². The number of aromatic nitrogens is 3. The van der Waals surface area contributed by atoms with Crippen LogP contribution in [-0.2, 0) is 0 Å². The van der Waals surface area contributed by atoms with Gasteiger partial charge in [-0.1, -0.05) is 5.21 Å². The Hall–Kier alpha value is -1.75. The van der Waals surface area contributed by atoms with Crippen molar-refractivity contribution in [3.05, 3.63) is 23.8 Å². The van der Waals surface area contributed by atoms with Crippen LogP contribution in [0.15, 0.2) is 18.2 Å². The second-order valence-corrected chi connectivity index (χ2v) is 4.06. The molecule has 1 fully saturated rings. The number of Topliss-reactive ketones (excluding diaryl/α,β-unsaturated/α-hetero) is 1. The number of nitrogens with zero attached hydrogens (tertiary/aromatic N) is 2. The normalized spacial score (nSPS) is 20.4. The number of carbonyl (C=O) groups is 1. The molecule has 1 atom stereocenters. The molecule has 0 bridgehead atoms. The van der Waals surface area contributed by atoms with Crippen molar-refractivity contribution in [2.24, 2.45) is 0 Å². The molecule has 0 spiro atoms. The maximum Gasteiger partial charge on any atom is 0.179 e. The molecular weight excluding hydrogens is 204 g/mol. The minimum absolute atomic E-state index is 0.0237. The van der Waals surface area contributed by atoms with Gasteiger partial charge in [0.15, 0.2) is 5.78 Å². The Bertz CT molecular complexity index is 528. The summed E-state index contributed by atoms with van der Waals surface area (Å²) in [5.41, 5.74) is 2.31. The lowest BCUT2D eigenvalue weighted by Crippen LogP contribution is -2.30. The molecule has 1 unspecified atom stereocenters. The van der Waals surface area contributed by atoms with E-state index in [0.29, 0.717) is 5.56 Å². The van der Waals surface area contributed by atoms with Gasteiger partial charge in [0.25, 0.3) is 0 Å². The van der Waals surface area contributed by atoms with Crippen molar-refractivity contribution in [2.75, 3.05) is 6.54 Å². The zero-order valence-corrected chi connectivity index (χ0v) is 8.73. The average Bonchev–Trinajstić information content (AvgIpc) is 2.98. The molecule has 3 rings (SSSR count). The van der Waals surface area contributed by atoms with E-state index in [1.807, 2.05) is 12.1 Å². The Kier molecular flexibility index (Phi) is 2.18. The number of rotatable bonds is 2. The lowest BCUT2D eigenvalue weighted by atomic mass is 10.0. The van der Waals surface area contributed by atoms with Crippen LogP contribution >= 0.6 is 0 Å². The predicted octanol–water partition coefficient (Wildman–Crippen LogP) is 0.893. The fraction of sp³-hybridized carbons (Fsp3) is 0.364. The SMILES string of the molecule is O=C(c1ccc2[nH]nnc2c1)C1CCCN1. The van der Waals surface area contributed by atoms with E-state index in [9.17, 15) is 4.79 Å². The summed E-state index contributed by atoms with van der Waals surface area (Å²) in [5.74, 6) is 0.155. The van der Waals surface area contributed by atoms with Gasteiger partial charge < -0.3 is 5.32 Å². The van der Waals surface area contributed by atoms with Crippen LogP contribution in [0, 0.1) is 0 Å². The van der Waals surface area contributed by atoms with E-state index in [-0.39, 0.29) is 11.8 Å². The molecule has 5 heteroatoms. The van der Waals surface area contributed by atoms with Crippen molar-refractivity contribution in [2.45, 2.75) is 18.9 Å². The van der Waals surface area contributed by atoms with Gasteiger partial charge in [-0.2, -0.15) is 0 Å². The van der Waals surface area contributed by atoms with E-state index in [2.05, 4.69) is 20.7 Å². The third kappa shape index (κ3) is 1.49. The van der Waals surface area contributed by atoms with Gasteiger partial charge >= 0.3 is 0 Å². The number of nitrogens with one attached hydrogen (secondary N) is 2. The van der Waals surface area contributed by atoms with E-state index in [1.54, 1.807) is 6.07 Å². The van der Waals surface area contributed by atoms with E-state index in [0.717, 1.165) is 30.4 Å². The van der Waals surface area contributed by atoms with Crippen molar-refractivity contribution in [1.29, 1.82) is 0 Å². The third-order valence-corrected chi connectivity index (χ3v) is 2.99. The number of hydrogen-bond acceptors (Lipinski definition) is 4. The molecule has 5 nitrogen and oxygen atoms in total.